The van der Waals surface area contributed by atoms with Crippen LogP contribution in [0.3, 0.4) is 0 Å². The maximum absolute atomic E-state index is 12.4. The summed E-state index contributed by atoms with van der Waals surface area (Å²) in [6.07, 6.45) is 3.67. The molecule has 1 saturated heterocycles. The Morgan fingerprint density at radius 2 is 2.00 bits per heavy atom. The maximum Gasteiger partial charge on any atom is 0.357 e. The largest absolute Gasteiger partial charge is 0.464 e. The Morgan fingerprint density at radius 3 is 2.67 bits per heavy atom. The Balaban J connectivity index is 1.95. The van der Waals surface area contributed by atoms with Crippen molar-refractivity contribution < 1.29 is 14.3 Å². The molecule has 2 heterocycles. The van der Waals surface area contributed by atoms with Gasteiger partial charge in [-0.15, -0.1) is 0 Å². The zero-order chi connectivity index (χ0) is 19.4. The minimum absolute atomic E-state index is 0.0440. The molecule has 27 heavy (non-hydrogen) atoms. The first-order valence-electron chi connectivity index (χ1n) is 8.66. The molecular weight excluding hydrogens is 346 g/mol. The van der Waals surface area contributed by atoms with Gasteiger partial charge in [0.1, 0.15) is 6.07 Å². The van der Waals surface area contributed by atoms with Crippen LogP contribution in [0.5, 0.6) is 0 Å². The number of rotatable bonds is 5. The van der Waals surface area contributed by atoms with Crippen molar-refractivity contribution in [3.05, 3.63) is 41.7 Å². The summed E-state index contributed by atoms with van der Waals surface area (Å²) in [4.78, 5) is 26.7. The molecule has 0 spiro atoms. The lowest BCUT2D eigenvalue weighted by atomic mass is 10.2. The van der Waals surface area contributed by atoms with E-state index in [2.05, 4.69) is 10.2 Å². The first-order chi connectivity index (χ1) is 13.0. The topological polar surface area (TPSA) is 113 Å². The summed E-state index contributed by atoms with van der Waals surface area (Å²) < 4.78 is 6.28. The molecule has 140 valence electrons. The number of ether oxygens (including phenoxy) is 1. The molecule has 0 atom stereocenters. The van der Waals surface area contributed by atoms with Crippen molar-refractivity contribution in [3.8, 4) is 11.8 Å². The minimum atomic E-state index is -0.660. The summed E-state index contributed by atoms with van der Waals surface area (Å²) in [6, 6.07) is 8.99. The second-order valence-corrected chi connectivity index (χ2v) is 6.33. The van der Waals surface area contributed by atoms with Gasteiger partial charge in [-0.2, -0.15) is 5.26 Å². The zero-order valence-corrected chi connectivity index (χ0v) is 15.1. The van der Waals surface area contributed by atoms with Crippen LogP contribution in [-0.2, 0) is 9.53 Å². The molecule has 1 aromatic heterocycles. The van der Waals surface area contributed by atoms with Crippen molar-refractivity contribution in [2.24, 2.45) is 0 Å². The summed E-state index contributed by atoms with van der Waals surface area (Å²) in [5, 5.41) is 12.2. The van der Waals surface area contributed by atoms with Crippen molar-refractivity contribution >= 4 is 23.3 Å². The standard InChI is InChI=1S/C19H21N5O3/c1-27-19(26)18-17(21)13(10-20)11-24(18)15-7-3-2-6-14(15)22-16(25)12-23-8-4-5-9-23/h2-3,6-7,11H,4-5,8-9,12,21H2,1H3,(H,22,25). The van der Waals surface area contributed by atoms with E-state index in [0.717, 1.165) is 25.9 Å². The molecular formula is C19H21N5O3. The van der Waals surface area contributed by atoms with Crippen LogP contribution in [-0.4, -0.2) is 48.1 Å². The number of nitrogens with zero attached hydrogens (tertiary/aromatic N) is 3. The molecule has 0 unspecified atom stereocenters. The number of likely N-dealkylation sites (tertiary alicyclic amines) is 1. The Kier molecular flexibility index (Phi) is 5.43. The molecule has 0 aliphatic carbocycles. The number of anilines is 2. The first-order valence-corrected chi connectivity index (χ1v) is 8.66. The molecule has 1 aliphatic rings. The smallest absolute Gasteiger partial charge is 0.357 e. The number of methoxy groups -OCH3 is 1. The van der Waals surface area contributed by atoms with Gasteiger partial charge in [-0.1, -0.05) is 12.1 Å². The number of nitrogens with one attached hydrogen (secondary N) is 1. The van der Waals surface area contributed by atoms with Crippen LogP contribution >= 0.6 is 0 Å². The highest BCUT2D eigenvalue weighted by Crippen LogP contribution is 2.28. The van der Waals surface area contributed by atoms with Gasteiger partial charge in [-0.3, -0.25) is 9.69 Å². The van der Waals surface area contributed by atoms with E-state index in [1.54, 1.807) is 24.3 Å². The Morgan fingerprint density at radius 1 is 1.30 bits per heavy atom. The second kappa shape index (κ2) is 7.93. The van der Waals surface area contributed by atoms with E-state index in [0.29, 0.717) is 17.9 Å². The molecule has 1 amide bonds. The van der Waals surface area contributed by atoms with Crippen LogP contribution in [0, 0.1) is 11.3 Å². The van der Waals surface area contributed by atoms with Gasteiger partial charge in [-0.05, 0) is 38.1 Å². The van der Waals surface area contributed by atoms with Gasteiger partial charge in [-0.25, -0.2) is 4.79 Å². The predicted octanol–water partition coefficient (Wildman–Crippen LogP) is 1.75. The summed E-state index contributed by atoms with van der Waals surface area (Å²) in [6.45, 7) is 2.15. The highest BCUT2D eigenvalue weighted by Gasteiger charge is 2.23. The molecule has 8 nitrogen and oxygen atoms in total. The maximum atomic E-state index is 12.4. The molecule has 1 aliphatic heterocycles. The van der Waals surface area contributed by atoms with Crippen molar-refractivity contribution in [2.75, 3.05) is 37.8 Å². The first kappa shape index (κ1) is 18.5. The molecule has 1 aromatic carbocycles. The lowest BCUT2D eigenvalue weighted by molar-refractivity contribution is -0.117. The van der Waals surface area contributed by atoms with Gasteiger partial charge in [0, 0.05) is 6.20 Å². The van der Waals surface area contributed by atoms with Gasteiger partial charge >= 0.3 is 5.97 Å². The summed E-state index contributed by atoms with van der Waals surface area (Å²) >= 11 is 0. The van der Waals surface area contributed by atoms with Crippen molar-refractivity contribution in [1.82, 2.24) is 9.47 Å². The van der Waals surface area contributed by atoms with Crippen LogP contribution in [0.15, 0.2) is 30.5 Å². The van der Waals surface area contributed by atoms with E-state index in [4.69, 9.17) is 10.5 Å². The van der Waals surface area contributed by atoms with Crippen LogP contribution in [0.4, 0.5) is 11.4 Å². The molecule has 1 fully saturated rings. The number of esters is 1. The molecule has 0 bridgehead atoms. The van der Waals surface area contributed by atoms with E-state index >= 15 is 0 Å². The van der Waals surface area contributed by atoms with Gasteiger partial charge in [0.15, 0.2) is 5.69 Å². The number of benzene rings is 1. The normalized spacial score (nSPS) is 13.9. The van der Waals surface area contributed by atoms with Crippen LogP contribution in [0.25, 0.3) is 5.69 Å². The SMILES string of the molecule is COC(=O)c1c(N)c(C#N)cn1-c1ccccc1NC(=O)CN1CCCC1. The summed E-state index contributed by atoms with van der Waals surface area (Å²) in [5.41, 5.74) is 7.25. The summed E-state index contributed by atoms with van der Waals surface area (Å²) in [7, 11) is 1.24. The lowest BCUT2D eigenvalue weighted by Crippen LogP contribution is -2.31. The number of nitrogen functional groups attached to an aromatic ring is 1. The summed E-state index contributed by atoms with van der Waals surface area (Å²) in [5.74, 6) is -0.795. The molecule has 0 saturated carbocycles. The van der Waals surface area contributed by atoms with Gasteiger partial charge in [0.2, 0.25) is 5.91 Å². The van der Waals surface area contributed by atoms with E-state index in [-0.39, 0.29) is 22.9 Å². The van der Waals surface area contributed by atoms with Crippen molar-refractivity contribution in [1.29, 1.82) is 5.26 Å². The van der Waals surface area contributed by atoms with Crippen LogP contribution in [0.2, 0.25) is 0 Å². The minimum Gasteiger partial charge on any atom is -0.464 e. The fourth-order valence-electron chi connectivity index (χ4n) is 3.23. The number of hydrogen-bond acceptors (Lipinski definition) is 6. The second-order valence-electron chi connectivity index (χ2n) is 6.33. The third-order valence-electron chi connectivity index (χ3n) is 4.55. The van der Waals surface area contributed by atoms with Gasteiger partial charge < -0.3 is 20.4 Å². The number of carbonyl (C=O) groups excluding carboxylic acids is 2. The fourth-order valence-corrected chi connectivity index (χ4v) is 3.23. The molecule has 3 rings (SSSR count). The number of amides is 1. The number of aromatic nitrogens is 1. The van der Waals surface area contributed by atoms with Crippen LogP contribution < -0.4 is 11.1 Å². The lowest BCUT2D eigenvalue weighted by Gasteiger charge is -2.17. The average molecular weight is 367 g/mol. The fraction of sp³-hybridized carbons (Fsp3) is 0.316. The zero-order valence-electron chi connectivity index (χ0n) is 15.1. The number of carbonyl (C=O) groups is 2. The highest BCUT2D eigenvalue weighted by atomic mass is 16.5. The molecule has 2 aromatic rings. The van der Waals surface area contributed by atoms with Crippen molar-refractivity contribution in [2.45, 2.75) is 12.8 Å². The number of nitriles is 1. The molecule has 0 radical (unpaired) electrons. The Labute approximate surface area is 157 Å². The Hall–Kier alpha value is -3.31. The number of hydrogen-bond donors (Lipinski definition) is 2. The quantitative estimate of drug-likeness (QED) is 0.779. The van der Waals surface area contributed by atoms with Gasteiger partial charge in [0.05, 0.1) is 36.3 Å². The van der Waals surface area contributed by atoms with Crippen molar-refractivity contribution in [3.63, 3.8) is 0 Å². The van der Waals surface area contributed by atoms with E-state index in [1.165, 1.54) is 17.9 Å². The number of para-hydroxylation sites is 2. The third-order valence-corrected chi connectivity index (χ3v) is 4.55. The number of nitrogens with two attached hydrogens (primary N) is 1. The highest BCUT2D eigenvalue weighted by molar-refractivity contribution is 5.98. The van der Waals surface area contributed by atoms with Gasteiger partial charge in [0.25, 0.3) is 0 Å². The Bertz CT molecular complexity index is 907. The van der Waals surface area contributed by atoms with Crippen LogP contribution in [0.1, 0.15) is 28.9 Å². The van der Waals surface area contributed by atoms with E-state index in [1.807, 2.05) is 6.07 Å². The monoisotopic (exact) mass is 367 g/mol. The predicted molar refractivity (Wildman–Crippen MR) is 101 cm³/mol. The van der Waals surface area contributed by atoms with E-state index < -0.39 is 5.97 Å². The average Bonchev–Trinajstić information content (AvgIpc) is 3.29. The molecule has 8 heteroatoms. The molecule has 3 N–H and O–H groups in total. The third kappa shape index (κ3) is 3.78. The van der Waals surface area contributed by atoms with E-state index in [9.17, 15) is 14.9 Å².